The van der Waals surface area contributed by atoms with Gasteiger partial charge in [-0.1, -0.05) is 12.6 Å². The molecule has 1 aromatic heterocycles. The Morgan fingerprint density at radius 1 is 1.78 bits per heavy atom. The van der Waals surface area contributed by atoms with Crippen molar-refractivity contribution in [1.82, 2.24) is 10.2 Å². The van der Waals surface area contributed by atoms with Gasteiger partial charge in [0.1, 0.15) is 0 Å². The number of aldehydes is 1. The topological polar surface area (TPSA) is 45.8 Å². The summed E-state index contributed by atoms with van der Waals surface area (Å²) >= 11 is 0. The normalized spacial score (nSPS) is 8.11. The van der Waals surface area contributed by atoms with Gasteiger partial charge in [-0.3, -0.25) is 0 Å². The molecule has 1 aromatic rings. The summed E-state index contributed by atoms with van der Waals surface area (Å²) in [6.45, 7) is 1.77. The number of aromatic nitrogens is 2. The van der Waals surface area contributed by atoms with Crippen molar-refractivity contribution in [3.63, 3.8) is 0 Å². The van der Waals surface area contributed by atoms with Crippen molar-refractivity contribution >= 4 is 6.29 Å². The summed E-state index contributed by atoms with van der Waals surface area (Å²) in [7, 11) is 0. The third kappa shape index (κ3) is 1.75. The van der Waals surface area contributed by atoms with E-state index in [1.54, 1.807) is 6.92 Å². The maximum atomic E-state index is 10.00. The Balaban J connectivity index is 0.000000640. The van der Waals surface area contributed by atoms with Gasteiger partial charge in [0.25, 0.3) is 0 Å². The van der Waals surface area contributed by atoms with Crippen LogP contribution in [0.15, 0.2) is 0 Å². The molecule has 0 amide bonds. The molecule has 0 aromatic carbocycles. The average molecular weight is 293 g/mol. The molecule has 1 heterocycles. The first-order valence-electron chi connectivity index (χ1n) is 2.22. The van der Waals surface area contributed by atoms with E-state index in [1.165, 1.54) is 0 Å². The van der Waals surface area contributed by atoms with Gasteiger partial charge >= 0.3 is 0 Å². The third-order valence-corrected chi connectivity index (χ3v) is 0.922. The molecule has 0 bridgehead atoms. The van der Waals surface area contributed by atoms with Crippen molar-refractivity contribution in [3.8, 4) is 0 Å². The van der Waals surface area contributed by atoms with Gasteiger partial charge < -0.3 is 15.0 Å². The van der Waals surface area contributed by atoms with Crippen molar-refractivity contribution in [3.05, 3.63) is 17.5 Å². The average Bonchev–Trinajstić information content (AvgIpc) is 2.14. The zero-order valence-electron chi connectivity index (χ0n) is 4.84. The van der Waals surface area contributed by atoms with Crippen LogP contribution in [-0.4, -0.2) is 16.5 Å². The van der Waals surface area contributed by atoms with Crippen molar-refractivity contribution in [1.29, 1.82) is 0 Å². The van der Waals surface area contributed by atoms with Crippen LogP contribution in [0.25, 0.3) is 0 Å². The Kier molecular flexibility index (Phi) is 3.40. The first kappa shape index (κ1) is 8.57. The van der Waals surface area contributed by atoms with Gasteiger partial charge in [0.15, 0.2) is 0 Å². The van der Waals surface area contributed by atoms with Crippen LogP contribution in [0, 0.1) is 13.1 Å². The smallest absolute Gasteiger partial charge is 0.0866 e. The summed E-state index contributed by atoms with van der Waals surface area (Å²) in [5.41, 5.74) is 1.27. The van der Waals surface area contributed by atoms with E-state index >= 15 is 0 Å². The Morgan fingerprint density at radius 3 is 2.67 bits per heavy atom. The molecule has 9 heavy (non-hydrogen) atoms. The second-order valence-corrected chi connectivity index (χ2v) is 1.49. The molecule has 1 N–H and O–H groups in total. The van der Waals surface area contributed by atoms with Gasteiger partial charge in [-0.15, -0.1) is 6.20 Å². The molecular formula is C5H5N2OW-. The molecule has 0 fully saturated rings. The molecular weight excluding hydrogens is 288 g/mol. The van der Waals surface area contributed by atoms with E-state index in [9.17, 15) is 4.79 Å². The summed E-state index contributed by atoms with van der Waals surface area (Å²) < 4.78 is 0. The molecule has 0 unspecified atom stereocenters. The minimum atomic E-state index is 0. The number of aryl methyl sites for hydroxylation is 1. The van der Waals surface area contributed by atoms with Crippen molar-refractivity contribution in [2.75, 3.05) is 0 Å². The first-order valence-corrected chi connectivity index (χ1v) is 2.22. The van der Waals surface area contributed by atoms with Gasteiger partial charge in [0.2, 0.25) is 0 Å². The second-order valence-electron chi connectivity index (χ2n) is 1.49. The monoisotopic (exact) mass is 293 g/mol. The second kappa shape index (κ2) is 3.57. The summed E-state index contributed by atoms with van der Waals surface area (Å²) in [6, 6.07) is 0. The number of H-pyrrole nitrogens is 1. The summed E-state index contributed by atoms with van der Waals surface area (Å²) in [6.07, 6.45) is 3.30. The number of aromatic amines is 1. The molecule has 0 saturated heterocycles. The van der Waals surface area contributed by atoms with E-state index in [4.69, 9.17) is 0 Å². The summed E-state index contributed by atoms with van der Waals surface area (Å²) in [4.78, 5) is 10.00. The molecule has 48 valence electrons. The van der Waals surface area contributed by atoms with Gasteiger partial charge in [-0.25, -0.2) is 0 Å². The zero-order chi connectivity index (χ0) is 5.98. The van der Waals surface area contributed by atoms with E-state index in [0.29, 0.717) is 5.69 Å². The molecule has 3 nitrogen and oxygen atoms in total. The fraction of sp³-hybridized carbons (Fsp3) is 0.200. The Hall–Kier alpha value is -0.432. The third-order valence-electron chi connectivity index (χ3n) is 0.922. The molecule has 0 aliphatic rings. The molecule has 1 rings (SSSR count). The van der Waals surface area contributed by atoms with Crippen LogP contribution in [0.3, 0.4) is 0 Å². The van der Waals surface area contributed by atoms with E-state index in [0.717, 1.165) is 11.8 Å². The van der Waals surface area contributed by atoms with Crippen molar-refractivity contribution in [2.24, 2.45) is 0 Å². The molecule has 0 spiro atoms. The van der Waals surface area contributed by atoms with Crippen molar-refractivity contribution in [2.45, 2.75) is 6.92 Å². The van der Waals surface area contributed by atoms with E-state index in [-0.39, 0.29) is 21.1 Å². The van der Waals surface area contributed by atoms with Crippen molar-refractivity contribution < 1.29 is 25.9 Å². The Morgan fingerprint density at radius 2 is 2.44 bits per heavy atom. The standard InChI is InChI=1S/C5H5N2O.W/c1-4-2-6-7-5(4)3-8;/h3H,1H3,(H,6,7);/q-1;. The predicted molar refractivity (Wildman–Crippen MR) is 27.5 cm³/mol. The zero-order valence-corrected chi connectivity index (χ0v) is 7.77. The van der Waals surface area contributed by atoms with Crippen LogP contribution >= 0.6 is 0 Å². The molecule has 0 aliphatic heterocycles. The largest absolute Gasteiger partial charge is 0.372 e. The SMILES string of the molecule is Cc1[c-]n[nH]c1C=O.[W]. The summed E-state index contributed by atoms with van der Waals surface area (Å²) in [5.74, 6) is 0. The van der Waals surface area contributed by atoms with Crippen LogP contribution in [0.4, 0.5) is 0 Å². The van der Waals surface area contributed by atoms with E-state index in [2.05, 4.69) is 16.4 Å². The quantitative estimate of drug-likeness (QED) is 0.599. The molecule has 0 aliphatic carbocycles. The Bertz CT molecular complexity index is 197. The number of nitrogens with one attached hydrogen (secondary N) is 1. The fourth-order valence-electron chi connectivity index (χ4n) is 0.431. The van der Waals surface area contributed by atoms with Crippen LogP contribution in [0.1, 0.15) is 16.1 Å². The van der Waals surface area contributed by atoms with Crippen LogP contribution < -0.4 is 0 Å². The predicted octanol–water partition coefficient (Wildman–Crippen LogP) is 0.328. The minimum absolute atomic E-state index is 0. The van der Waals surface area contributed by atoms with Crippen LogP contribution in [-0.2, 0) is 21.1 Å². The first-order chi connectivity index (χ1) is 3.84. The van der Waals surface area contributed by atoms with E-state index in [1.807, 2.05) is 0 Å². The van der Waals surface area contributed by atoms with Gasteiger partial charge in [-0.05, 0) is 0 Å². The van der Waals surface area contributed by atoms with Gasteiger partial charge in [0, 0.05) is 21.1 Å². The number of carbonyl (C=O) groups is 1. The number of rotatable bonds is 1. The van der Waals surface area contributed by atoms with Crippen LogP contribution in [0.2, 0.25) is 0 Å². The fourth-order valence-corrected chi connectivity index (χ4v) is 0.431. The maximum Gasteiger partial charge on any atom is 0.0866 e. The minimum Gasteiger partial charge on any atom is -0.372 e. The number of hydrogen-bond donors (Lipinski definition) is 1. The van der Waals surface area contributed by atoms with E-state index < -0.39 is 0 Å². The molecule has 0 saturated carbocycles. The molecule has 0 atom stereocenters. The number of carbonyl (C=O) groups excluding carboxylic acids is 1. The molecule has 0 radical (unpaired) electrons. The van der Waals surface area contributed by atoms with Crippen LogP contribution in [0.5, 0.6) is 0 Å². The number of hydrogen-bond acceptors (Lipinski definition) is 2. The maximum absolute atomic E-state index is 10.00. The summed E-state index contributed by atoms with van der Waals surface area (Å²) in [5, 5.41) is 5.99. The Labute approximate surface area is 67.1 Å². The molecule has 4 heteroatoms. The van der Waals surface area contributed by atoms with Gasteiger partial charge in [0.05, 0.1) is 6.29 Å². The number of nitrogens with zero attached hydrogens (tertiary/aromatic N) is 1. The van der Waals surface area contributed by atoms with Gasteiger partial charge in [-0.2, -0.15) is 5.56 Å².